The van der Waals surface area contributed by atoms with Crippen LogP contribution in [0.25, 0.3) is 0 Å². The molecule has 12 heavy (non-hydrogen) atoms. The quantitative estimate of drug-likeness (QED) is 0.452. The number of thiazole rings is 1. The van der Waals surface area contributed by atoms with E-state index in [0.717, 1.165) is 5.69 Å². The molecule has 4 nitrogen and oxygen atoms in total. The minimum Gasteiger partial charge on any atom is -0.370 e. The van der Waals surface area contributed by atoms with Gasteiger partial charge in [-0.1, -0.05) is 0 Å². The molecule has 0 saturated heterocycles. The van der Waals surface area contributed by atoms with Crippen molar-refractivity contribution in [1.82, 2.24) is 4.98 Å². The van der Waals surface area contributed by atoms with Gasteiger partial charge in [-0.05, 0) is 0 Å². The third-order valence-electron chi connectivity index (χ3n) is 0.901. The fourth-order valence-electron chi connectivity index (χ4n) is 0.519. The van der Waals surface area contributed by atoms with E-state index in [4.69, 9.17) is 23.1 Å². The second kappa shape index (κ2) is 5.18. The van der Waals surface area contributed by atoms with E-state index in [1.165, 1.54) is 11.3 Å². The first-order valence-corrected chi connectivity index (χ1v) is 4.24. The Labute approximate surface area is 85.1 Å². The molecule has 0 saturated carbocycles. The third-order valence-corrected chi connectivity index (χ3v) is 1.96. The number of rotatable bonds is 2. The zero-order chi connectivity index (χ0) is 8.27. The summed E-state index contributed by atoms with van der Waals surface area (Å²) >= 11 is 6.87. The van der Waals surface area contributed by atoms with Crippen LogP contribution < -0.4 is 11.5 Å². The van der Waals surface area contributed by atoms with Gasteiger partial charge in [0.25, 0.3) is 0 Å². The minimum atomic E-state index is 0. The highest BCUT2D eigenvalue weighted by molar-refractivity contribution is 7.13. The second-order valence-corrected chi connectivity index (χ2v) is 2.90. The Morgan fingerprint density at radius 3 is 2.75 bits per heavy atom. The average Bonchev–Trinajstić information content (AvgIpc) is 2.34. The van der Waals surface area contributed by atoms with Crippen molar-refractivity contribution in [2.45, 2.75) is 5.88 Å². The Bertz CT molecular complexity index is 268. The molecule has 1 rings (SSSR count). The molecule has 1 heterocycles. The smallest absolute Gasteiger partial charge is 0.212 e. The van der Waals surface area contributed by atoms with Crippen LogP contribution >= 0.6 is 35.3 Å². The summed E-state index contributed by atoms with van der Waals surface area (Å²) in [4.78, 5) is 7.76. The van der Waals surface area contributed by atoms with E-state index in [9.17, 15) is 0 Å². The summed E-state index contributed by atoms with van der Waals surface area (Å²) in [5.74, 6) is 0.400. The molecule has 4 N–H and O–H groups in total. The van der Waals surface area contributed by atoms with Crippen LogP contribution in [0.3, 0.4) is 0 Å². The highest BCUT2D eigenvalue weighted by Crippen LogP contribution is 2.19. The SMILES string of the molecule is Cl.NC(N)=Nc1nc(CCl)cs1. The third kappa shape index (κ3) is 3.25. The van der Waals surface area contributed by atoms with Crippen LogP contribution in [0, 0.1) is 0 Å². The Balaban J connectivity index is 0.00000121. The molecule has 0 aromatic carbocycles. The molecule has 0 radical (unpaired) electrons. The highest BCUT2D eigenvalue weighted by atomic mass is 35.5. The van der Waals surface area contributed by atoms with Crippen LogP contribution in [0.1, 0.15) is 5.69 Å². The summed E-state index contributed by atoms with van der Waals surface area (Å²) in [5.41, 5.74) is 11.1. The van der Waals surface area contributed by atoms with Crippen LogP contribution in [0.4, 0.5) is 5.13 Å². The molecule has 1 aromatic heterocycles. The maximum Gasteiger partial charge on any atom is 0.212 e. The summed E-state index contributed by atoms with van der Waals surface area (Å²) in [6.07, 6.45) is 0. The summed E-state index contributed by atoms with van der Waals surface area (Å²) in [6, 6.07) is 0. The number of hydrogen-bond donors (Lipinski definition) is 2. The molecule has 0 spiro atoms. The number of halogens is 2. The first kappa shape index (κ1) is 11.5. The van der Waals surface area contributed by atoms with Gasteiger partial charge in [0.2, 0.25) is 5.13 Å². The van der Waals surface area contributed by atoms with Gasteiger partial charge in [0.1, 0.15) is 0 Å². The number of nitrogens with two attached hydrogens (primary N) is 2. The summed E-state index contributed by atoms with van der Waals surface area (Å²) in [7, 11) is 0. The van der Waals surface area contributed by atoms with Crippen molar-refractivity contribution in [2.24, 2.45) is 16.5 Å². The molecular weight excluding hydrogens is 219 g/mol. The van der Waals surface area contributed by atoms with Gasteiger partial charge in [0.05, 0.1) is 11.6 Å². The van der Waals surface area contributed by atoms with E-state index in [-0.39, 0.29) is 18.4 Å². The lowest BCUT2D eigenvalue weighted by atomic mass is 10.6. The first-order valence-electron chi connectivity index (χ1n) is 2.82. The fourth-order valence-corrected chi connectivity index (χ4v) is 1.45. The van der Waals surface area contributed by atoms with Gasteiger partial charge < -0.3 is 11.5 Å². The number of nitrogens with zero attached hydrogens (tertiary/aromatic N) is 2. The van der Waals surface area contributed by atoms with Crippen molar-refractivity contribution in [1.29, 1.82) is 0 Å². The maximum absolute atomic E-state index is 5.51. The number of hydrogen-bond acceptors (Lipinski definition) is 3. The van der Waals surface area contributed by atoms with Gasteiger partial charge in [-0.2, -0.15) is 4.99 Å². The van der Waals surface area contributed by atoms with Gasteiger partial charge in [0.15, 0.2) is 5.96 Å². The summed E-state index contributed by atoms with van der Waals surface area (Å²) < 4.78 is 0. The van der Waals surface area contributed by atoms with Crippen molar-refractivity contribution in [3.05, 3.63) is 11.1 Å². The van der Waals surface area contributed by atoms with Gasteiger partial charge in [0, 0.05) is 5.38 Å². The Hall–Kier alpha value is -0.520. The van der Waals surface area contributed by atoms with Crippen LogP contribution in [0.5, 0.6) is 0 Å². The van der Waals surface area contributed by atoms with Crippen LogP contribution in [-0.4, -0.2) is 10.9 Å². The van der Waals surface area contributed by atoms with Gasteiger partial charge in [-0.25, -0.2) is 4.98 Å². The topological polar surface area (TPSA) is 77.3 Å². The van der Waals surface area contributed by atoms with Gasteiger partial charge in [-0.15, -0.1) is 35.3 Å². The van der Waals surface area contributed by atoms with E-state index < -0.39 is 0 Å². The zero-order valence-electron chi connectivity index (χ0n) is 6.03. The van der Waals surface area contributed by atoms with E-state index in [1.807, 2.05) is 5.38 Å². The van der Waals surface area contributed by atoms with Gasteiger partial charge >= 0.3 is 0 Å². The van der Waals surface area contributed by atoms with Crippen LogP contribution in [0.2, 0.25) is 0 Å². The lowest BCUT2D eigenvalue weighted by molar-refractivity contribution is 1.21. The van der Waals surface area contributed by atoms with Crippen LogP contribution in [0.15, 0.2) is 10.4 Å². The molecule has 0 aliphatic heterocycles. The molecule has 68 valence electrons. The fraction of sp³-hybridized carbons (Fsp3) is 0.200. The maximum atomic E-state index is 5.51. The molecule has 0 aliphatic carbocycles. The lowest BCUT2D eigenvalue weighted by Gasteiger charge is -1.85. The monoisotopic (exact) mass is 226 g/mol. The molecule has 0 bridgehead atoms. The summed E-state index contributed by atoms with van der Waals surface area (Å²) in [5, 5.41) is 2.36. The zero-order valence-corrected chi connectivity index (χ0v) is 8.42. The van der Waals surface area contributed by atoms with Crippen molar-refractivity contribution in [2.75, 3.05) is 0 Å². The van der Waals surface area contributed by atoms with Gasteiger partial charge in [-0.3, -0.25) is 0 Å². The van der Waals surface area contributed by atoms with E-state index in [0.29, 0.717) is 11.0 Å². The Morgan fingerprint density at radius 1 is 1.67 bits per heavy atom. The molecule has 0 aliphatic rings. The number of aliphatic imine (C=N–C) groups is 1. The Kier molecular flexibility index (Phi) is 4.96. The average molecular weight is 227 g/mol. The normalized spacial score (nSPS) is 8.75. The van der Waals surface area contributed by atoms with E-state index in [2.05, 4.69) is 9.98 Å². The molecule has 0 fully saturated rings. The minimum absolute atomic E-state index is 0. The molecule has 0 atom stereocenters. The molecule has 1 aromatic rings. The molecule has 0 amide bonds. The number of guanidine groups is 1. The Morgan fingerprint density at radius 2 is 2.33 bits per heavy atom. The predicted molar refractivity (Wildman–Crippen MR) is 54.4 cm³/mol. The van der Waals surface area contributed by atoms with Crippen LogP contribution in [-0.2, 0) is 5.88 Å². The second-order valence-electron chi connectivity index (χ2n) is 1.79. The van der Waals surface area contributed by atoms with E-state index >= 15 is 0 Å². The predicted octanol–water partition coefficient (Wildman–Crippen LogP) is 1.21. The summed E-state index contributed by atoms with van der Waals surface area (Å²) in [6.45, 7) is 0. The van der Waals surface area contributed by atoms with Crippen molar-refractivity contribution >= 4 is 46.4 Å². The van der Waals surface area contributed by atoms with Crippen molar-refractivity contribution in [3.8, 4) is 0 Å². The molecule has 0 unspecified atom stereocenters. The van der Waals surface area contributed by atoms with Crippen molar-refractivity contribution in [3.63, 3.8) is 0 Å². The van der Waals surface area contributed by atoms with E-state index in [1.54, 1.807) is 0 Å². The standard InChI is InChI=1S/C5H7ClN4S.ClH/c6-1-3-2-11-5(9-3)10-4(7)8;/h2H,1H2,(H4,7,8,9,10);1H. The van der Waals surface area contributed by atoms with Crippen molar-refractivity contribution < 1.29 is 0 Å². The first-order chi connectivity index (χ1) is 5.22. The molecular formula is C5H8Cl2N4S. The number of aromatic nitrogens is 1. The molecule has 7 heteroatoms. The largest absolute Gasteiger partial charge is 0.370 e. The lowest BCUT2D eigenvalue weighted by Crippen LogP contribution is -2.21. The highest BCUT2D eigenvalue weighted by Gasteiger charge is 1.97. The number of alkyl halides is 1.